The van der Waals surface area contributed by atoms with Gasteiger partial charge in [-0.25, -0.2) is 9.37 Å². The first-order chi connectivity index (χ1) is 14.9. The first-order valence-corrected chi connectivity index (χ1v) is 10.1. The topological polar surface area (TPSA) is 94.2 Å². The van der Waals surface area contributed by atoms with E-state index in [9.17, 15) is 18.8 Å². The summed E-state index contributed by atoms with van der Waals surface area (Å²) in [7, 11) is 1.66. The Balaban J connectivity index is 1.87. The van der Waals surface area contributed by atoms with Gasteiger partial charge < -0.3 is 14.3 Å². The molecule has 0 bridgehead atoms. The van der Waals surface area contributed by atoms with E-state index in [1.54, 1.807) is 46.2 Å². The fourth-order valence-electron chi connectivity index (χ4n) is 3.80. The molecule has 1 N–H and O–H groups in total. The van der Waals surface area contributed by atoms with E-state index in [0.29, 0.717) is 28.4 Å². The molecule has 2 aromatic heterocycles. The number of anilines is 1. The average Bonchev–Trinajstić information content (AvgIpc) is 3.32. The van der Waals surface area contributed by atoms with Crippen molar-refractivity contribution in [2.75, 3.05) is 5.32 Å². The van der Waals surface area contributed by atoms with Gasteiger partial charge in [-0.15, -0.1) is 0 Å². The normalized spacial score (nSPS) is 11.5. The van der Waals surface area contributed by atoms with Crippen molar-refractivity contribution in [3.63, 3.8) is 0 Å². The first-order valence-electron chi connectivity index (χ1n) is 10.1. The van der Waals surface area contributed by atoms with Crippen LogP contribution in [-0.2, 0) is 17.3 Å². The molecular weight excluding hydrogens is 413 g/mol. The standard InChI is InChI=1S/C24H26FN3O4/c1-13-11-16(7-8-17(13)25)27-22(31)20-14(2)19(15(3)28(20)6)21(30)18(29)12-24(4,5)23-26-9-10-32-23/h7-11H,12H2,1-6H3,(H,27,31). The number of aryl methyl sites for hydroxylation is 1. The maximum absolute atomic E-state index is 13.5. The van der Waals surface area contributed by atoms with Crippen LogP contribution in [0.2, 0.25) is 0 Å². The zero-order chi connectivity index (χ0) is 23.8. The summed E-state index contributed by atoms with van der Waals surface area (Å²) in [5.41, 5.74) is 1.46. The molecule has 3 aromatic rings. The van der Waals surface area contributed by atoms with Gasteiger partial charge in [0.15, 0.2) is 5.89 Å². The molecule has 0 aliphatic heterocycles. The number of amides is 1. The predicted molar refractivity (Wildman–Crippen MR) is 117 cm³/mol. The highest BCUT2D eigenvalue weighted by atomic mass is 19.1. The highest BCUT2D eigenvalue weighted by molar-refractivity contribution is 6.44. The van der Waals surface area contributed by atoms with Gasteiger partial charge in [0.1, 0.15) is 17.8 Å². The van der Waals surface area contributed by atoms with Gasteiger partial charge in [0.05, 0.1) is 11.8 Å². The third kappa shape index (κ3) is 4.26. The molecule has 7 nitrogen and oxygen atoms in total. The molecule has 0 unspecified atom stereocenters. The van der Waals surface area contributed by atoms with Crippen molar-refractivity contribution in [2.24, 2.45) is 7.05 Å². The van der Waals surface area contributed by atoms with Gasteiger partial charge in [-0.05, 0) is 50.1 Å². The number of carbonyl (C=O) groups is 3. The van der Waals surface area contributed by atoms with Crippen LogP contribution in [0.1, 0.15) is 63.8 Å². The van der Waals surface area contributed by atoms with Crippen molar-refractivity contribution in [2.45, 2.75) is 46.5 Å². The maximum Gasteiger partial charge on any atom is 0.272 e. The Hall–Kier alpha value is -3.55. The summed E-state index contributed by atoms with van der Waals surface area (Å²) >= 11 is 0. The van der Waals surface area contributed by atoms with Gasteiger partial charge in [-0.2, -0.15) is 0 Å². The molecule has 1 amide bonds. The van der Waals surface area contributed by atoms with Crippen molar-refractivity contribution in [1.29, 1.82) is 0 Å². The number of nitrogens with one attached hydrogen (secondary N) is 1. The summed E-state index contributed by atoms with van der Waals surface area (Å²) < 4.78 is 20.4. The van der Waals surface area contributed by atoms with Crippen molar-refractivity contribution in [3.8, 4) is 0 Å². The number of ketones is 2. The van der Waals surface area contributed by atoms with Crippen molar-refractivity contribution < 1.29 is 23.2 Å². The van der Waals surface area contributed by atoms with Gasteiger partial charge in [0, 0.05) is 30.3 Å². The summed E-state index contributed by atoms with van der Waals surface area (Å²) in [6.07, 6.45) is 2.82. The lowest BCUT2D eigenvalue weighted by Crippen LogP contribution is -2.27. The zero-order valence-electron chi connectivity index (χ0n) is 19.0. The maximum atomic E-state index is 13.5. The van der Waals surface area contributed by atoms with E-state index in [-0.39, 0.29) is 23.5 Å². The Morgan fingerprint density at radius 3 is 2.47 bits per heavy atom. The number of benzene rings is 1. The summed E-state index contributed by atoms with van der Waals surface area (Å²) in [5.74, 6) is -1.70. The first kappa shape index (κ1) is 23.1. The molecule has 0 spiro atoms. The number of nitrogens with zero attached hydrogens (tertiary/aromatic N) is 2. The van der Waals surface area contributed by atoms with Crippen molar-refractivity contribution >= 4 is 23.2 Å². The smallest absolute Gasteiger partial charge is 0.272 e. The van der Waals surface area contributed by atoms with Crippen LogP contribution in [0.4, 0.5) is 10.1 Å². The number of hydrogen-bond acceptors (Lipinski definition) is 5. The molecule has 1 aromatic carbocycles. The fraction of sp³-hybridized carbons (Fsp3) is 0.333. The van der Waals surface area contributed by atoms with E-state index in [0.717, 1.165) is 0 Å². The van der Waals surface area contributed by atoms with Crippen LogP contribution in [0, 0.1) is 26.6 Å². The molecule has 2 heterocycles. The third-order valence-corrected chi connectivity index (χ3v) is 5.66. The summed E-state index contributed by atoms with van der Waals surface area (Å²) in [5, 5.41) is 2.73. The van der Waals surface area contributed by atoms with Crippen molar-refractivity contribution in [3.05, 3.63) is 70.4 Å². The third-order valence-electron chi connectivity index (χ3n) is 5.66. The zero-order valence-corrected chi connectivity index (χ0v) is 19.0. The molecule has 0 radical (unpaired) electrons. The minimum atomic E-state index is -0.756. The number of aromatic nitrogens is 2. The fourth-order valence-corrected chi connectivity index (χ4v) is 3.80. The van der Waals surface area contributed by atoms with Gasteiger partial charge in [-0.1, -0.05) is 13.8 Å². The molecule has 0 aliphatic rings. The number of oxazole rings is 1. The van der Waals surface area contributed by atoms with E-state index in [1.807, 2.05) is 0 Å². The number of hydrogen-bond donors (Lipinski definition) is 1. The lowest BCUT2D eigenvalue weighted by Gasteiger charge is -2.19. The minimum Gasteiger partial charge on any atom is -0.448 e. The molecule has 0 atom stereocenters. The van der Waals surface area contributed by atoms with Gasteiger partial charge >= 0.3 is 0 Å². The van der Waals surface area contributed by atoms with E-state index in [1.165, 1.54) is 30.7 Å². The lowest BCUT2D eigenvalue weighted by atomic mass is 9.85. The van der Waals surface area contributed by atoms with Crippen LogP contribution in [0.3, 0.4) is 0 Å². The quantitative estimate of drug-likeness (QED) is 0.434. The Kier molecular flexibility index (Phi) is 6.16. The van der Waals surface area contributed by atoms with E-state index >= 15 is 0 Å². The van der Waals surface area contributed by atoms with Crippen LogP contribution in [0.25, 0.3) is 0 Å². The van der Waals surface area contributed by atoms with Crippen molar-refractivity contribution in [1.82, 2.24) is 9.55 Å². The van der Waals surface area contributed by atoms with Gasteiger partial charge in [0.2, 0.25) is 11.6 Å². The molecule has 8 heteroatoms. The Morgan fingerprint density at radius 2 is 1.88 bits per heavy atom. The lowest BCUT2D eigenvalue weighted by molar-refractivity contribution is -0.116. The SMILES string of the molecule is Cc1cc(NC(=O)c2c(C)c(C(=O)C(=O)CC(C)(C)c3ncco3)c(C)n2C)ccc1F. The van der Waals surface area contributed by atoms with E-state index in [4.69, 9.17) is 4.42 Å². The molecule has 3 rings (SSSR count). The highest BCUT2D eigenvalue weighted by Gasteiger charge is 2.34. The molecule has 32 heavy (non-hydrogen) atoms. The van der Waals surface area contributed by atoms with E-state index in [2.05, 4.69) is 10.3 Å². The van der Waals surface area contributed by atoms with E-state index < -0.39 is 22.9 Å². The second-order valence-corrected chi connectivity index (χ2v) is 8.56. The average molecular weight is 439 g/mol. The summed E-state index contributed by atoms with van der Waals surface area (Å²) in [6.45, 7) is 8.48. The largest absolute Gasteiger partial charge is 0.448 e. The summed E-state index contributed by atoms with van der Waals surface area (Å²) in [6, 6.07) is 4.27. The number of carbonyl (C=O) groups excluding carboxylic acids is 3. The molecule has 0 saturated heterocycles. The number of halogens is 1. The molecule has 0 fully saturated rings. The van der Waals surface area contributed by atoms with Crippen LogP contribution >= 0.6 is 0 Å². The Morgan fingerprint density at radius 1 is 1.19 bits per heavy atom. The van der Waals surface area contributed by atoms with Crippen LogP contribution < -0.4 is 5.32 Å². The number of rotatable bonds is 7. The minimum absolute atomic E-state index is 0.0868. The monoisotopic (exact) mass is 439 g/mol. The second-order valence-electron chi connectivity index (χ2n) is 8.56. The second kappa shape index (κ2) is 8.53. The van der Waals surface area contributed by atoms with Crippen LogP contribution in [-0.4, -0.2) is 27.0 Å². The predicted octanol–water partition coefficient (Wildman–Crippen LogP) is 4.45. The summed E-state index contributed by atoms with van der Waals surface area (Å²) in [4.78, 5) is 43.0. The van der Waals surface area contributed by atoms with Crippen LogP contribution in [0.15, 0.2) is 35.1 Å². The molecule has 0 aliphatic carbocycles. The van der Waals surface area contributed by atoms with Crippen LogP contribution in [0.5, 0.6) is 0 Å². The molecular formula is C24H26FN3O4. The number of Topliss-reactive ketones (excluding diaryl/α,β-unsaturated/α-hetero) is 2. The Labute approximate surface area is 185 Å². The molecule has 0 saturated carbocycles. The van der Waals surface area contributed by atoms with Gasteiger partial charge in [-0.3, -0.25) is 14.4 Å². The Bertz CT molecular complexity index is 1210. The molecule has 168 valence electrons. The van der Waals surface area contributed by atoms with Gasteiger partial charge in [0.25, 0.3) is 5.91 Å². The highest BCUT2D eigenvalue weighted by Crippen LogP contribution is 2.29.